The Morgan fingerprint density at radius 1 is 1.45 bits per heavy atom. The highest BCUT2D eigenvalue weighted by Crippen LogP contribution is 2.30. The van der Waals surface area contributed by atoms with Gasteiger partial charge in [0.1, 0.15) is 6.61 Å². The van der Waals surface area contributed by atoms with Gasteiger partial charge >= 0.3 is 0 Å². The average molecular weight is 345 g/mol. The predicted octanol–water partition coefficient (Wildman–Crippen LogP) is 3.42. The summed E-state index contributed by atoms with van der Waals surface area (Å²) in [6.07, 6.45) is 0. The predicted molar refractivity (Wildman–Crippen MR) is 79.9 cm³/mol. The second-order valence-corrected chi connectivity index (χ2v) is 6.18. The number of carbonyl (C=O) groups is 1. The van der Waals surface area contributed by atoms with Gasteiger partial charge in [0.05, 0.1) is 16.2 Å². The van der Waals surface area contributed by atoms with Crippen molar-refractivity contribution in [2.24, 2.45) is 0 Å². The van der Waals surface area contributed by atoms with E-state index in [1.165, 1.54) is 6.07 Å². The third-order valence-electron chi connectivity index (χ3n) is 2.39. The first kappa shape index (κ1) is 16.6. The van der Waals surface area contributed by atoms with Crippen molar-refractivity contribution in [1.82, 2.24) is 0 Å². The quantitative estimate of drug-likeness (QED) is 0.670. The maximum Gasteiger partial charge on any atom is 0.274 e. The smallest absolute Gasteiger partial charge is 0.274 e. The molecule has 1 aromatic rings. The Morgan fingerprint density at radius 2 is 2.05 bits per heavy atom. The number of nitrogens with one attached hydrogen (secondary N) is 1. The van der Waals surface area contributed by atoms with E-state index in [1.54, 1.807) is 13.0 Å². The number of benzene rings is 1. The first-order valence-electron chi connectivity index (χ1n) is 5.98. The van der Waals surface area contributed by atoms with Gasteiger partial charge in [0, 0.05) is 16.1 Å². The van der Waals surface area contributed by atoms with Gasteiger partial charge in [-0.25, -0.2) is 0 Å². The highest BCUT2D eigenvalue weighted by molar-refractivity contribution is 9.10. The summed E-state index contributed by atoms with van der Waals surface area (Å²) < 4.78 is 5.93. The largest absolute Gasteiger partial charge is 0.366 e. The van der Waals surface area contributed by atoms with Crippen molar-refractivity contribution in [3.05, 3.63) is 32.3 Å². The lowest BCUT2D eigenvalue weighted by Gasteiger charge is -2.19. The molecule has 1 amide bonds. The first-order chi connectivity index (χ1) is 9.10. The second kappa shape index (κ2) is 6.32. The number of nitro benzene ring substituents is 1. The third kappa shape index (κ3) is 4.90. The van der Waals surface area contributed by atoms with E-state index in [2.05, 4.69) is 21.2 Å². The van der Waals surface area contributed by atoms with E-state index in [4.69, 9.17) is 4.74 Å². The van der Waals surface area contributed by atoms with Crippen LogP contribution in [-0.2, 0) is 9.53 Å². The highest BCUT2D eigenvalue weighted by atomic mass is 79.9. The summed E-state index contributed by atoms with van der Waals surface area (Å²) in [6, 6.07) is 2.92. The monoisotopic (exact) mass is 344 g/mol. The summed E-state index contributed by atoms with van der Waals surface area (Å²) in [5.41, 5.74) is 0.407. The lowest BCUT2D eigenvalue weighted by Crippen LogP contribution is -2.27. The van der Waals surface area contributed by atoms with Crippen molar-refractivity contribution in [2.45, 2.75) is 33.3 Å². The Labute approximate surface area is 125 Å². The summed E-state index contributed by atoms with van der Waals surface area (Å²) in [5.74, 6) is -0.362. The lowest BCUT2D eigenvalue weighted by molar-refractivity contribution is -0.385. The van der Waals surface area contributed by atoms with Gasteiger partial charge in [-0.1, -0.05) is 0 Å². The van der Waals surface area contributed by atoms with E-state index in [0.29, 0.717) is 15.7 Å². The zero-order valence-electron chi connectivity index (χ0n) is 11.8. The van der Waals surface area contributed by atoms with Crippen LogP contribution in [0.25, 0.3) is 0 Å². The average Bonchev–Trinajstić information content (AvgIpc) is 2.28. The summed E-state index contributed by atoms with van der Waals surface area (Å²) >= 11 is 3.27. The van der Waals surface area contributed by atoms with E-state index in [1.807, 2.05) is 20.8 Å². The Kier molecular flexibility index (Phi) is 5.24. The molecule has 0 unspecified atom stereocenters. The molecule has 0 heterocycles. The molecule has 7 heteroatoms. The first-order valence-corrected chi connectivity index (χ1v) is 6.78. The SMILES string of the molecule is Cc1cc(Br)c(NC(=O)COC(C)(C)C)cc1[N+](=O)[O-]. The molecule has 0 fully saturated rings. The zero-order chi connectivity index (χ0) is 15.5. The third-order valence-corrected chi connectivity index (χ3v) is 3.05. The van der Waals surface area contributed by atoms with Crippen molar-refractivity contribution >= 4 is 33.2 Å². The topological polar surface area (TPSA) is 81.5 Å². The van der Waals surface area contributed by atoms with Crippen molar-refractivity contribution in [3.63, 3.8) is 0 Å². The Balaban J connectivity index is 2.85. The fraction of sp³-hybridized carbons (Fsp3) is 0.462. The van der Waals surface area contributed by atoms with Crippen LogP contribution in [0, 0.1) is 17.0 Å². The number of nitro groups is 1. The van der Waals surface area contributed by atoms with Gasteiger partial charge in [0.2, 0.25) is 5.91 Å². The van der Waals surface area contributed by atoms with Crippen LogP contribution >= 0.6 is 15.9 Å². The van der Waals surface area contributed by atoms with E-state index in [9.17, 15) is 14.9 Å². The second-order valence-electron chi connectivity index (χ2n) is 5.32. The number of halogens is 1. The number of carbonyl (C=O) groups excluding carboxylic acids is 1. The molecule has 1 rings (SSSR count). The number of nitrogens with zero attached hydrogens (tertiary/aromatic N) is 1. The maximum atomic E-state index is 11.8. The molecule has 1 N–H and O–H groups in total. The minimum Gasteiger partial charge on any atom is -0.366 e. The molecule has 0 bridgehead atoms. The van der Waals surface area contributed by atoms with E-state index in [-0.39, 0.29) is 18.2 Å². The molecule has 0 saturated heterocycles. The van der Waals surface area contributed by atoms with E-state index < -0.39 is 10.5 Å². The van der Waals surface area contributed by atoms with Gasteiger partial charge in [-0.2, -0.15) is 0 Å². The molecule has 0 radical (unpaired) electrons. The van der Waals surface area contributed by atoms with Crippen molar-refractivity contribution < 1.29 is 14.5 Å². The van der Waals surface area contributed by atoms with E-state index in [0.717, 1.165) is 0 Å². The molecule has 0 aliphatic heterocycles. The summed E-state index contributed by atoms with van der Waals surface area (Å²) in [4.78, 5) is 22.1. The van der Waals surface area contributed by atoms with Crippen LogP contribution in [0.3, 0.4) is 0 Å². The fourth-order valence-electron chi connectivity index (χ4n) is 1.42. The number of ether oxygens (including phenoxy) is 1. The van der Waals surface area contributed by atoms with Crippen molar-refractivity contribution in [1.29, 1.82) is 0 Å². The maximum absolute atomic E-state index is 11.8. The lowest BCUT2D eigenvalue weighted by atomic mass is 10.2. The molecule has 1 aromatic carbocycles. The molecule has 0 atom stereocenters. The molecular weight excluding hydrogens is 328 g/mol. The highest BCUT2D eigenvalue weighted by Gasteiger charge is 2.17. The van der Waals surface area contributed by atoms with Crippen LogP contribution in [0.5, 0.6) is 0 Å². The van der Waals surface area contributed by atoms with Crippen LogP contribution in [0.4, 0.5) is 11.4 Å². The van der Waals surface area contributed by atoms with Crippen LogP contribution in [-0.4, -0.2) is 23.0 Å². The van der Waals surface area contributed by atoms with Crippen LogP contribution in [0.2, 0.25) is 0 Å². The normalized spacial score (nSPS) is 11.2. The number of hydrogen-bond donors (Lipinski definition) is 1. The molecule has 0 spiro atoms. The molecule has 0 aromatic heterocycles. The Morgan fingerprint density at radius 3 is 2.55 bits per heavy atom. The molecule has 0 aliphatic carbocycles. The minimum absolute atomic E-state index is 0.0414. The summed E-state index contributed by atoms with van der Waals surface area (Å²) in [7, 11) is 0. The molecule has 6 nitrogen and oxygen atoms in total. The molecule has 0 saturated carbocycles. The van der Waals surface area contributed by atoms with Gasteiger partial charge in [0.15, 0.2) is 0 Å². The van der Waals surface area contributed by atoms with Gasteiger partial charge in [-0.3, -0.25) is 14.9 Å². The molecule has 0 aliphatic rings. The number of rotatable bonds is 4. The standard InChI is InChI=1S/C13H17BrN2O4/c1-8-5-9(14)10(6-11(8)16(18)19)15-12(17)7-20-13(2,3)4/h5-6H,7H2,1-4H3,(H,15,17). The van der Waals surface area contributed by atoms with E-state index >= 15 is 0 Å². The van der Waals surface area contributed by atoms with Crippen molar-refractivity contribution in [3.8, 4) is 0 Å². The fourth-order valence-corrected chi connectivity index (χ4v) is 1.98. The van der Waals surface area contributed by atoms with Gasteiger partial charge < -0.3 is 10.1 Å². The number of anilines is 1. The van der Waals surface area contributed by atoms with Crippen molar-refractivity contribution in [2.75, 3.05) is 11.9 Å². The molecule has 20 heavy (non-hydrogen) atoms. The minimum atomic E-state index is -0.483. The molecule has 110 valence electrons. The summed E-state index contributed by atoms with van der Waals surface area (Å²) in [6.45, 7) is 7.04. The van der Waals surface area contributed by atoms with Gasteiger partial charge in [0.25, 0.3) is 5.69 Å². The van der Waals surface area contributed by atoms with Gasteiger partial charge in [-0.05, 0) is 49.7 Å². The summed E-state index contributed by atoms with van der Waals surface area (Å²) in [5, 5.41) is 13.5. The van der Waals surface area contributed by atoms with Crippen LogP contribution in [0.15, 0.2) is 16.6 Å². The Bertz CT molecular complexity index is 538. The van der Waals surface area contributed by atoms with Gasteiger partial charge in [-0.15, -0.1) is 0 Å². The molecular formula is C13H17BrN2O4. The number of amides is 1. The van der Waals surface area contributed by atoms with Crippen LogP contribution < -0.4 is 5.32 Å². The zero-order valence-corrected chi connectivity index (χ0v) is 13.4. The Hall–Kier alpha value is -1.47. The van der Waals surface area contributed by atoms with Crippen LogP contribution in [0.1, 0.15) is 26.3 Å². The number of aryl methyl sites for hydroxylation is 1. The number of hydrogen-bond acceptors (Lipinski definition) is 4.